The van der Waals surface area contributed by atoms with Crippen LogP contribution in [0.4, 0.5) is 0 Å². The molecule has 0 amide bonds. The molecule has 0 fully saturated rings. The van der Waals surface area contributed by atoms with Crippen LogP contribution in [0.3, 0.4) is 0 Å². The summed E-state index contributed by atoms with van der Waals surface area (Å²) in [4.78, 5) is 27.6. The Bertz CT molecular complexity index is 574. The normalized spacial score (nSPS) is 11.7. The minimum Gasteiger partial charge on any atom is -0.481 e. The Morgan fingerprint density at radius 1 is 1.24 bits per heavy atom. The summed E-state index contributed by atoms with van der Waals surface area (Å²) < 4.78 is 1.67. The predicted molar refractivity (Wildman–Crippen MR) is 82.7 cm³/mol. The molecule has 1 N–H and O–H groups in total. The molecule has 5 nitrogen and oxygen atoms in total. The second-order valence-electron chi connectivity index (χ2n) is 6.15. The van der Waals surface area contributed by atoms with Gasteiger partial charge in [0.15, 0.2) is 0 Å². The average Bonchev–Trinajstić information content (AvgIpc) is 2.41. The third kappa shape index (κ3) is 4.16. The fraction of sp³-hybridized carbons (Fsp3) is 0.688. The summed E-state index contributed by atoms with van der Waals surface area (Å²) in [5, 5.41) is 9.13. The van der Waals surface area contributed by atoms with Gasteiger partial charge in [-0.05, 0) is 24.7 Å². The van der Waals surface area contributed by atoms with E-state index in [9.17, 15) is 9.59 Å². The minimum absolute atomic E-state index is 0.0242. The molecule has 0 unspecified atom stereocenters. The largest absolute Gasteiger partial charge is 0.481 e. The number of carboxylic acids is 1. The number of aromatic nitrogens is 2. The first-order chi connectivity index (χ1) is 9.75. The third-order valence-corrected chi connectivity index (χ3v) is 4.03. The first kappa shape index (κ1) is 17.4. The summed E-state index contributed by atoms with van der Waals surface area (Å²) in [6.07, 6.45) is 2.06. The maximum Gasteiger partial charge on any atom is 0.348 e. The van der Waals surface area contributed by atoms with E-state index in [1.807, 2.05) is 13.8 Å². The Kier molecular flexibility index (Phi) is 5.70. The number of hydrogen-bond acceptors (Lipinski definition) is 3. The van der Waals surface area contributed by atoms with E-state index < -0.39 is 5.97 Å². The highest BCUT2D eigenvalue weighted by atomic mass is 16.4. The molecule has 0 atom stereocenters. The molecule has 1 rings (SSSR count). The molecule has 1 aromatic rings. The van der Waals surface area contributed by atoms with Crippen molar-refractivity contribution in [2.75, 3.05) is 0 Å². The van der Waals surface area contributed by atoms with Gasteiger partial charge in [-0.1, -0.05) is 34.6 Å². The van der Waals surface area contributed by atoms with E-state index in [4.69, 9.17) is 5.11 Å². The Balaban J connectivity index is 3.50. The van der Waals surface area contributed by atoms with Gasteiger partial charge in [-0.2, -0.15) is 4.98 Å². The standard InChI is InChI=1S/C16H26N2O3/c1-6-12-11(9-14(19)20)13(7-2)18(15(21)17-12)10-16(4,5)8-3/h6-10H2,1-5H3,(H,19,20). The summed E-state index contributed by atoms with van der Waals surface area (Å²) in [7, 11) is 0. The zero-order chi connectivity index (χ0) is 16.2. The van der Waals surface area contributed by atoms with E-state index in [0.29, 0.717) is 30.6 Å². The van der Waals surface area contributed by atoms with Crippen LogP contribution in [0.15, 0.2) is 4.79 Å². The van der Waals surface area contributed by atoms with Gasteiger partial charge in [-0.3, -0.25) is 9.36 Å². The van der Waals surface area contributed by atoms with Crippen molar-refractivity contribution in [2.24, 2.45) is 5.41 Å². The van der Waals surface area contributed by atoms with E-state index in [1.165, 1.54) is 0 Å². The molecule has 0 aliphatic carbocycles. The Labute approximate surface area is 126 Å². The molecular weight excluding hydrogens is 268 g/mol. The molecule has 0 saturated heterocycles. The molecule has 1 heterocycles. The van der Waals surface area contributed by atoms with E-state index in [0.717, 1.165) is 12.1 Å². The van der Waals surface area contributed by atoms with Gasteiger partial charge in [0.2, 0.25) is 0 Å². The molecule has 0 saturated carbocycles. The van der Waals surface area contributed by atoms with Gasteiger partial charge in [0, 0.05) is 17.8 Å². The lowest BCUT2D eigenvalue weighted by molar-refractivity contribution is -0.136. The van der Waals surface area contributed by atoms with Gasteiger partial charge in [-0.15, -0.1) is 0 Å². The number of rotatable bonds is 7. The molecular formula is C16H26N2O3. The highest BCUT2D eigenvalue weighted by Crippen LogP contribution is 2.24. The number of aliphatic carboxylic acids is 1. The van der Waals surface area contributed by atoms with E-state index >= 15 is 0 Å². The SMILES string of the molecule is CCc1nc(=O)n(CC(C)(C)CC)c(CC)c1CC(=O)O. The van der Waals surface area contributed by atoms with Gasteiger partial charge in [0.1, 0.15) is 0 Å². The smallest absolute Gasteiger partial charge is 0.348 e. The maximum absolute atomic E-state index is 12.3. The van der Waals surface area contributed by atoms with Gasteiger partial charge >= 0.3 is 11.7 Å². The van der Waals surface area contributed by atoms with Crippen LogP contribution in [0.1, 0.15) is 58.0 Å². The monoisotopic (exact) mass is 294 g/mol. The number of nitrogens with zero attached hydrogens (tertiary/aromatic N) is 2. The lowest BCUT2D eigenvalue weighted by Gasteiger charge is -2.26. The summed E-state index contributed by atoms with van der Waals surface area (Å²) in [5.74, 6) is -0.888. The van der Waals surface area contributed by atoms with Crippen LogP contribution in [0.2, 0.25) is 0 Å². The molecule has 0 bridgehead atoms. The zero-order valence-corrected chi connectivity index (χ0v) is 13.7. The minimum atomic E-state index is -0.888. The second-order valence-corrected chi connectivity index (χ2v) is 6.15. The van der Waals surface area contributed by atoms with Gasteiger partial charge in [-0.25, -0.2) is 4.79 Å². The van der Waals surface area contributed by atoms with Crippen molar-refractivity contribution in [1.29, 1.82) is 0 Å². The van der Waals surface area contributed by atoms with E-state index in [-0.39, 0.29) is 17.5 Å². The Morgan fingerprint density at radius 3 is 2.29 bits per heavy atom. The molecule has 0 aliphatic rings. The number of aryl methyl sites for hydroxylation is 1. The van der Waals surface area contributed by atoms with Crippen LogP contribution in [-0.4, -0.2) is 20.6 Å². The Morgan fingerprint density at radius 2 is 1.86 bits per heavy atom. The van der Waals surface area contributed by atoms with Crippen LogP contribution in [0.25, 0.3) is 0 Å². The van der Waals surface area contributed by atoms with Gasteiger partial charge < -0.3 is 5.11 Å². The zero-order valence-electron chi connectivity index (χ0n) is 13.7. The fourth-order valence-corrected chi connectivity index (χ4v) is 2.44. The average molecular weight is 294 g/mol. The van der Waals surface area contributed by atoms with Crippen LogP contribution in [0, 0.1) is 5.41 Å². The van der Waals surface area contributed by atoms with Crippen LogP contribution >= 0.6 is 0 Å². The molecule has 0 radical (unpaired) electrons. The molecule has 21 heavy (non-hydrogen) atoms. The molecule has 1 aromatic heterocycles. The number of carboxylic acid groups (broad SMARTS) is 1. The summed E-state index contributed by atoms with van der Waals surface area (Å²) >= 11 is 0. The van der Waals surface area contributed by atoms with Crippen molar-refractivity contribution in [3.8, 4) is 0 Å². The van der Waals surface area contributed by atoms with Gasteiger partial charge in [0.25, 0.3) is 0 Å². The lowest BCUT2D eigenvalue weighted by Crippen LogP contribution is -2.34. The van der Waals surface area contributed by atoms with Crippen molar-refractivity contribution >= 4 is 5.97 Å². The topological polar surface area (TPSA) is 72.2 Å². The highest BCUT2D eigenvalue weighted by molar-refractivity contribution is 5.71. The lowest BCUT2D eigenvalue weighted by atomic mass is 9.90. The summed E-state index contributed by atoms with van der Waals surface area (Å²) in [6.45, 7) is 10.7. The number of carbonyl (C=O) groups is 1. The number of hydrogen-bond donors (Lipinski definition) is 1. The molecule has 118 valence electrons. The predicted octanol–water partition coefficient (Wildman–Crippen LogP) is 2.43. The van der Waals surface area contributed by atoms with Crippen LogP contribution in [0.5, 0.6) is 0 Å². The first-order valence-corrected chi connectivity index (χ1v) is 7.59. The molecule has 0 spiro atoms. The fourth-order valence-electron chi connectivity index (χ4n) is 2.44. The van der Waals surface area contributed by atoms with Gasteiger partial charge in [0.05, 0.1) is 12.1 Å². The van der Waals surface area contributed by atoms with Crippen molar-refractivity contribution in [2.45, 2.75) is 66.8 Å². The van der Waals surface area contributed by atoms with Crippen LogP contribution < -0.4 is 5.69 Å². The van der Waals surface area contributed by atoms with E-state index in [1.54, 1.807) is 4.57 Å². The Hall–Kier alpha value is -1.65. The summed E-state index contributed by atoms with van der Waals surface area (Å²) in [5.41, 5.74) is 1.85. The van der Waals surface area contributed by atoms with E-state index in [2.05, 4.69) is 25.8 Å². The van der Waals surface area contributed by atoms with Crippen molar-refractivity contribution in [3.63, 3.8) is 0 Å². The maximum atomic E-state index is 12.3. The highest BCUT2D eigenvalue weighted by Gasteiger charge is 2.22. The van der Waals surface area contributed by atoms with Crippen LogP contribution in [-0.2, 0) is 30.6 Å². The second kappa shape index (κ2) is 6.87. The van der Waals surface area contributed by atoms with Crippen molar-refractivity contribution in [1.82, 2.24) is 9.55 Å². The quantitative estimate of drug-likeness (QED) is 0.838. The van der Waals surface area contributed by atoms with Crippen molar-refractivity contribution in [3.05, 3.63) is 27.4 Å². The molecule has 5 heteroatoms. The molecule has 0 aliphatic heterocycles. The van der Waals surface area contributed by atoms with Crippen molar-refractivity contribution < 1.29 is 9.90 Å². The molecule has 0 aromatic carbocycles. The summed E-state index contributed by atoms with van der Waals surface area (Å²) in [6, 6.07) is 0. The third-order valence-electron chi connectivity index (χ3n) is 4.03. The first-order valence-electron chi connectivity index (χ1n) is 7.59.